The third-order valence-electron chi connectivity index (χ3n) is 5.77. The number of thiophene rings is 1. The monoisotopic (exact) mass is 470 g/mol. The van der Waals surface area contributed by atoms with Crippen molar-refractivity contribution in [1.29, 1.82) is 0 Å². The number of carbonyl (C=O) groups is 1. The smallest absolute Gasteiger partial charge is 0.256 e. The molecule has 0 bridgehead atoms. The van der Waals surface area contributed by atoms with Crippen LogP contribution in [0.4, 0.5) is 5.69 Å². The average Bonchev–Trinajstić information content (AvgIpc) is 3.54. The van der Waals surface area contributed by atoms with Gasteiger partial charge in [0.1, 0.15) is 0 Å². The highest BCUT2D eigenvalue weighted by atomic mass is 32.1. The maximum absolute atomic E-state index is 13.6. The zero-order valence-electron chi connectivity index (χ0n) is 19.6. The standard InChI is InChI=1S/C26H26N6OS/c1-16(2)32-25-22(14-28-32)21(13-24(29-25)20-12-17(3)34-18(20)4)26(33)30-23-9-6-5-8-19(23)15-31-11-7-10-27-31/h5-14,16H,15H2,1-4H3,(H,30,33). The molecule has 7 nitrogen and oxygen atoms in total. The Bertz CT molecular complexity index is 1480. The quantitative estimate of drug-likeness (QED) is 0.337. The summed E-state index contributed by atoms with van der Waals surface area (Å²) in [5.41, 5.74) is 4.84. The van der Waals surface area contributed by atoms with Crippen molar-refractivity contribution >= 4 is 34.0 Å². The van der Waals surface area contributed by atoms with Crippen molar-refractivity contribution in [3.8, 4) is 11.3 Å². The maximum Gasteiger partial charge on any atom is 0.256 e. The highest BCUT2D eigenvalue weighted by Crippen LogP contribution is 2.33. The molecule has 0 unspecified atom stereocenters. The fourth-order valence-electron chi connectivity index (χ4n) is 4.15. The van der Waals surface area contributed by atoms with Crippen molar-refractivity contribution in [2.75, 3.05) is 5.32 Å². The molecule has 8 heteroatoms. The predicted molar refractivity (Wildman–Crippen MR) is 136 cm³/mol. The Balaban J connectivity index is 1.58. The van der Waals surface area contributed by atoms with E-state index in [0.29, 0.717) is 17.8 Å². The van der Waals surface area contributed by atoms with Crippen molar-refractivity contribution < 1.29 is 4.79 Å². The Kier molecular flexibility index (Phi) is 5.75. The Hall–Kier alpha value is -3.78. The Morgan fingerprint density at radius 3 is 2.65 bits per heavy atom. The summed E-state index contributed by atoms with van der Waals surface area (Å²) in [7, 11) is 0. The summed E-state index contributed by atoms with van der Waals surface area (Å²) in [6.45, 7) is 8.86. The van der Waals surface area contributed by atoms with Gasteiger partial charge in [0, 0.05) is 39.4 Å². The van der Waals surface area contributed by atoms with Crippen LogP contribution < -0.4 is 5.32 Å². The van der Waals surface area contributed by atoms with Gasteiger partial charge in [-0.1, -0.05) is 18.2 Å². The molecule has 0 saturated heterocycles. The highest BCUT2D eigenvalue weighted by Gasteiger charge is 2.20. The van der Waals surface area contributed by atoms with E-state index < -0.39 is 0 Å². The lowest BCUT2D eigenvalue weighted by molar-refractivity contribution is 0.102. The maximum atomic E-state index is 13.6. The van der Waals surface area contributed by atoms with Crippen LogP contribution in [0.25, 0.3) is 22.3 Å². The number of benzene rings is 1. The summed E-state index contributed by atoms with van der Waals surface area (Å²) < 4.78 is 3.71. The van der Waals surface area contributed by atoms with E-state index in [-0.39, 0.29) is 11.9 Å². The third kappa shape index (κ3) is 4.12. The zero-order valence-corrected chi connectivity index (χ0v) is 20.4. The minimum absolute atomic E-state index is 0.122. The zero-order chi connectivity index (χ0) is 23.8. The highest BCUT2D eigenvalue weighted by molar-refractivity contribution is 7.12. The normalized spacial score (nSPS) is 11.4. The van der Waals surface area contributed by atoms with Gasteiger partial charge < -0.3 is 5.32 Å². The molecule has 5 aromatic rings. The molecule has 34 heavy (non-hydrogen) atoms. The molecule has 0 aliphatic carbocycles. The van der Waals surface area contributed by atoms with E-state index in [4.69, 9.17) is 4.98 Å². The van der Waals surface area contributed by atoms with Gasteiger partial charge in [0.05, 0.1) is 29.4 Å². The largest absolute Gasteiger partial charge is 0.322 e. The third-order valence-corrected chi connectivity index (χ3v) is 6.74. The summed E-state index contributed by atoms with van der Waals surface area (Å²) in [4.78, 5) is 21.0. The number of para-hydroxylation sites is 1. The minimum atomic E-state index is -0.186. The molecule has 0 aliphatic rings. The average molecular weight is 471 g/mol. The van der Waals surface area contributed by atoms with Crippen molar-refractivity contribution in [1.82, 2.24) is 24.5 Å². The number of carbonyl (C=O) groups excluding carboxylic acids is 1. The molecule has 0 atom stereocenters. The second-order valence-electron chi connectivity index (χ2n) is 8.62. The molecule has 1 aromatic carbocycles. The SMILES string of the molecule is Cc1cc(-c2cc(C(=O)Nc3ccccc3Cn3cccn3)c3cnn(C(C)C)c3n2)c(C)s1. The molecule has 0 fully saturated rings. The van der Waals surface area contributed by atoms with Crippen LogP contribution in [-0.4, -0.2) is 30.5 Å². The van der Waals surface area contributed by atoms with E-state index in [2.05, 4.69) is 49.3 Å². The van der Waals surface area contributed by atoms with E-state index in [9.17, 15) is 4.79 Å². The van der Waals surface area contributed by atoms with Crippen molar-refractivity contribution in [2.45, 2.75) is 40.3 Å². The van der Waals surface area contributed by atoms with Crippen LogP contribution in [0.2, 0.25) is 0 Å². The lowest BCUT2D eigenvalue weighted by atomic mass is 10.1. The Labute approximate surface area is 202 Å². The van der Waals surface area contributed by atoms with Gasteiger partial charge in [-0.15, -0.1) is 11.3 Å². The molecule has 5 rings (SSSR count). The van der Waals surface area contributed by atoms with Gasteiger partial charge in [0.15, 0.2) is 5.65 Å². The summed E-state index contributed by atoms with van der Waals surface area (Å²) in [5.74, 6) is -0.186. The molecular formula is C26H26N6OS. The van der Waals surface area contributed by atoms with Gasteiger partial charge >= 0.3 is 0 Å². The number of hydrogen-bond acceptors (Lipinski definition) is 5. The number of fused-ring (bicyclic) bond motifs is 1. The lowest BCUT2D eigenvalue weighted by Crippen LogP contribution is -2.15. The van der Waals surface area contributed by atoms with Crippen LogP contribution in [0.3, 0.4) is 0 Å². The van der Waals surface area contributed by atoms with Crippen LogP contribution in [0, 0.1) is 13.8 Å². The van der Waals surface area contributed by atoms with Crippen LogP contribution in [0.15, 0.2) is 61.1 Å². The van der Waals surface area contributed by atoms with Crippen molar-refractivity contribution in [3.63, 3.8) is 0 Å². The Morgan fingerprint density at radius 2 is 1.94 bits per heavy atom. The molecule has 172 valence electrons. The molecule has 0 spiro atoms. The minimum Gasteiger partial charge on any atom is -0.322 e. The van der Waals surface area contributed by atoms with E-state index in [1.54, 1.807) is 23.7 Å². The van der Waals surface area contributed by atoms with Gasteiger partial charge in [-0.3, -0.25) is 9.48 Å². The fraction of sp³-hybridized carbons (Fsp3) is 0.231. The number of aromatic nitrogens is 5. The Morgan fingerprint density at radius 1 is 1.12 bits per heavy atom. The van der Waals surface area contributed by atoms with Gasteiger partial charge in [-0.2, -0.15) is 10.2 Å². The van der Waals surface area contributed by atoms with E-state index in [1.165, 1.54) is 9.75 Å². The fourth-order valence-corrected chi connectivity index (χ4v) is 5.08. The topological polar surface area (TPSA) is 77.6 Å². The number of hydrogen-bond donors (Lipinski definition) is 1. The van der Waals surface area contributed by atoms with Gasteiger partial charge in [-0.25, -0.2) is 9.67 Å². The second-order valence-corrected chi connectivity index (χ2v) is 10.1. The summed E-state index contributed by atoms with van der Waals surface area (Å²) in [5, 5.41) is 12.7. The molecule has 4 heterocycles. The first-order valence-electron chi connectivity index (χ1n) is 11.2. The summed E-state index contributed by atoms with van der Waals surface area (Å²) in [6.07, 6.45) is 5.39. The molecule has 0 saturated carbocycles. The van der Waals surface area contributed by atoms with Crippen molar-refractivity contribution in [3.05, 3.63) is 81.9 Å². The summed E-state index contributed by atoms with van der Waals surface area (Å²) >= 11 is 1.73. The predicted octanol–water partition coefficient (Wildman–Crippen LogP) is 5.85. The second kappa shape index (κ2) is 8.87. The molecule has 1 N–H and O–H groups in total. The number of pyridine rings is 1. The van der Waals surface area contributed by atoms with Crippen LogP contribution in [-0.2, 0) is 6.54 Å². The number of nitrogens with one attached hydrogen (secondary N) is 1. The number of anilines is 1. The number of nitrogens with zero attached hydrogens (tertiary/aromatic N) is 5. The first-order valence-corrected chi connectivity index (χ1v) is 12.0. The summed E-state index contributed by atoms with van der Waals surface area (Å²) in [6, 6.07) is 13.8. The van der Waals surface area contributed by atoms with Gasteiger partial charge in [0.2, 0.25) is 0 Å². The molecule has 4 aromatic heterocycles. The number of rotatable bonds is 6. The first kappa shape index (κ1) is 22.0. The molecule has 0 aliphatic heterocycles. The number of aryl methyl sites for hydroxylation is 2. The van der Waals surface area contributed by atoms with E-state index in [1.807, 2.05) is 52.0 Å². The van der Waals surface area contributed by atoms with Crippen molar-refractivity contribution in [2.24, 2.45) is 0 Å². The van der Waals surface area contributed by atoms with Crippen LogP contribution >= 0.6 is 11.3 Å². The number of amides is 1. The first-order chi connectivity index (χ1) is 16.4. The molecular weight excluding hydrogens is 444 g/mol. The van der Waals surface area contributed by atoms with Gasteiger partial charge in [0.25, 0.3) is 5.91 Å². The van der Waals surface area contributed by atoms with E-state index >= 15 is 0 Å². The molecule has 0 radical (unpaired) electrons. The lowest BCUT2D eigenvalue weighted by Gasteiger charge is -2.13. The van der Waals surface area contributed by atoms with Gasteiger partial charge in [-0.05, 0) is 57.5 Å². The molecule has 1 amide bonds. The van der Waals surface area contributed by atoms with E-state index in [0.717, 1.165) is 27.9 Å². The van der Waals surface area contributed by atoms with Crippen LogP contribution in [0.1, 0.15) is 45.6 Å². The van der Waals surface area contributed by atoms with Crippen LogP contribution in [0.5, 0.6) is 0 Å².